The fourth-order valence-electron chi connectivity index (χ4n) is 2.48. The minimum Gasteiger partial charge on any atom is -0.379 e. The third-order valence-electron chi connectivity index (χ3n) is 3.41. The molecule has 100 valence electrons. The van der Waals surface area contributed by atoms with Gasteiger partial charge in [0.15, 0.2) is 0 Å². The van der Waals surface area contributed by atoms with Gasteiger partial charge in [0.2, 0.25) is 5.95 Å². The molecule has 0 radical (unpaired) electrons. The highest BCUT2D eigenvalue weighted by Crippen LogP contribution is 2.25. The molecule has 0 bridgehead atoms. The number of aryl methyl sites for hydroxylation is 1. The van der Waals surface area contributed by atoms with Crippen molar-refractivity contribution < 1.29 is 4.74 Å². The lowest BCUT2D eigenvalue weighted by Crippen LogP contribution is -2.21. The zero-order valence-corrected chi connectivity index (χ0v) is 11.2. The number of ether oxygens (including phenoxy) is 1. The van der Waals surface area contributed by atoms with Crippen molar-refractivity contribution in [3.05, 3.63) is 42.2 Å². The van der Waals surface area contributed by atoms with Crippen LogP contribution in [0.3, 0.4) is 0 Å². The molecule has 0 spiro atoms. The molecule has 3 rings (SSSR count). The summed E-state index contributed by atoms with van der Waals surface area (Å²) in [5, 5.41) is 3.39. The highest BCUT2D eigenvalue weighted by molar-refractivity contribution is 5.53. The van der Waals surface area contributed by atoms with Gasteiger partial charge in [0.25, 0.3) is 0 Å². The summed E-state index contributed by atoms with van der Waals surface area (Å²) in [5.74, 6) is 0.902. The van der Waals surface area contributed by atoms with Crippen LogP contribution >= 0.6 is 0 Å². The van der Waals surface area contributed by atoms with E-state index in [1.807, 2.05) is 37.3 Å². The lowest BCUT2D eigenvalue weighted by Gasteiger charge is -2.25. The maximum absolute atomic E-state index is 5.57. The standard InChI is InChI=1S/C15H19N3O/c1-12-10-18(14-8-5-9-19-11-14)15(16-12)17-13-6-3-2-4-7-13/h2-4,6-7,10,14H,5,8-9,11H2,1H3,(H,16,17). The van der Waals surface area contributed by atoms with Crippen LogP contribution in [-0.4, -0.2) is 22.8 Å². The van der Waals surface area contributed by atoms with E-state index >= 15 is 0 Å². The first kappa shape index (κ1) is 12.2. The molecule has 0 amide bonds. The Bertz CT molecular complexity index is 530. The van der Waals surface area contributed by atoms with Crippen LogP contribution in [0.15, 0.2) is 36.5 Å². The van der Waals surface area contributed by atoms with E-state index in [0.717, 1.165) is 43.4 Å². The van der Waals surface area contributed by atoms with E-state index in [-0.39, 0.29) is 0 Å². The second-order valence-corrected chi connectivity index (χ2v) is 4.98. The van der Waals surface area contributed by atoms with Gasteiger partial charge < -0.3 is 14.6 Å². The number of aromatic nitrogens is 2. The van der Waals surface area contributed by atoms with E-state index < -0.39 is 0 Å². The molecule has 1 fully saturated rings. The second kappa shape index (κ2) is 5.45. The van der Waals surface area contributed by atoms with Crippen molar-refractivity contribution in [3.8, 4) is 0 Å². The minimum atomic E-state index is 0.390. The predicted molar refractivity (Wildman–Crippen MR) is 75.8 cm³/mol. The summed E-state index contributed by atoms with van der Waals surface area (Å²) in [6.07, 6.45) is 4.37. The Morgan fingerprint density at radius 3 is 2.89 bits per heavy atom. The second-order valence-electron chi connectivity index (χ2n) is 4.98. The molecular formula is C15H19N3O. The van der Waals surface area contributed by atoms with Crippen molar-refractivity contribution in [2.45, 2.75) is 25.8 Å². The van der Waals surface area contributed by atoms with Gasteiger partial charge in [0, 0.05) is 18.5 Å². The summed E-state index contributed by atoms with van der Waals surface area (Å²) in [4.78, 5) is 4.58. The number of anilines is 2. The van der Waals surface area contributed by atoms with Gasteiger partial charge in [-0.3, -0.25) is 0 Å². The quantitative estimate of drug-likeness (QED) is 0.917. The third-order valence-corrected chi connectivity index (χ3v) is 3.41. The number of rotatable bonds is 3. The summed E-state index contributed by atoms with van der Waals surface area (Å²) in [6.45, 7) is 3.68. The molecule has 19 heavy (non-hydrogen) atoms. The van der Waals surface area contributed by atoms with Crippen LogP contribution in [0.5, 0.6) is 0 Å². The Balaban J connectivity index is 1.84. The molecule has 1 aliphatic heterocycles. The van der Waals surface area contributed by atoms with Crippen molar-refractivity contribution in [2.75, 3.05) is 18.5 Å². The SMILES string of the molecule is Cc1cn(C2CCCOC2)c(Nc2ccccc2)n1. The smallest absolute Gasteiger partial charge is 0.207 e. The topological polar surface area (TPSA) is 39.1 Å². The van der Waals surface area contributed by atoms with Gasteiger partial charge in [0.1, 0.15) is 0 Å². The van der Waals surface area contributed by atoms with E-state index in [1.54, 1.807) is 0 Å². The molecule has 2 aromatic rings. The normalized spacial score (nSPS) is 19.3. The lowest BCUT2D eigenvalue weighted by molar-refractivity contribution is 0.0598. The number of para-hydroxylation sites is 1. The average Bonchev–Trinajstić information content (AvgIpc) is 2.82. The van der Waals surface area contributed by atoms with Crippen molar-refractivity contribution >= 4 is 11.6 Å². The van der Waals surface area contributed by atoms with Gasteiger partial charge in [-0.2, -0.15) is 0 Å². The summed E-state index contributed by atoms with van der Waals surface area (Å²) in [6, 6.07) is 10.5. The van der Waals surface area contributed by atoms with E-state index in [1.165, 1.54) is 0 Å². The highest BCUT2D eigenvalue weighted by Gasteiger charge is 2.19. The number of nitrogens with zero attached hydrogens (tertiary/aromatic N) is 2. The van der Waals surface area contributed by atoms with E-state index in [4.69, 9.17) is 4.74 Å². The van der Waals surface area contributed by atoms with Gasteiger partial charge in [0.05, 0.1) is 18.3 Å². The molecule has 2 heterocycles. The number of imidazole rings is 1. The summed E-state index contributed by atoms with van der Waals surface area (Å²) in [5.41, 5.74) is 2.09. The van der Waals surface area contributed by atoms with Gasteiger partial charge in [-0.1, -0.05) is 18.2 Å². The lowest BCUT2D eigenvalue weighted by atomic mass is 10.1. The van der Waals surface area contributed by atoms with E-state index in [9.17, 15) is 0 Å². The van der Waals surface area contributed by atoms with Crippen LogP contribution in [0.25, 0.3) is 0 Å². The van der Waals surface area contributed by atoms with Crippen molar-refractivity contribution in [1.82, 2.24) is 9.55 Å². The van der Waals surface area contributed by atoms with Gasteiger partial charge in [-0.15, -0.1) is 0 Å². The zero-order chi connectivity index (χ0) is 13.1. The third kappa shape index (κ3) is 2.79. The van der Waals surface area contributed by atoms with Crippen LogP contribution in [0.1, 0.15) is 24.6 Å². The van der Waals surface area contributed by atoms with E-state index in [2.05, 4.69) is 21.1 Å². The molecule has 1 aliphatic rings. The Kier molecular flexibility index (Phi) is 3.51. The Morgan fingerprint density at radius 1 is 1.32 bits per heavy atom. The molecule has 0 aliphatic carbocycles. The maximum atomic E-state index is 5.57. The summed E-state index contributed by atoms with van der Waals surface area (Å²) >= 11 is 0. The number of nitrogens with one attached hydrogen (secondary N) is 1. The van der Waals surface area contributed by atoms with Gasteiger partial charge in [-0.05, 0) is 31.9 Å². The summed E-state index contributed by atoms with van der Waals surface area (Å²) in [7, 11) is 0. The molecule has 1 aromatic carbocycles. The monoisotopic (exact) mass is 257 g/mol. The number of hydrogen-bond acceptors (Lipinski definition) is 3. The first-order valence-corrected chi connectivity index (χ1v) is 6.78. The molecule has 4 nitrogen and oxygen atoms in total. The molecule has 1 atom stereocenters. The highest BCUT2D eigenvalue weighted by atomic mass is 16.5. The van der Waals surface area contributed by atoms with Crippen LogP contribution < -0.4 is 5.32 Å². The zero-order valence-electron chi connectivity index (χ0n) is 11.2. The van der Waals surface area contributed by atoms with Crippen LogP contribution in [-0.2, 0) is 4.74 Å². The Morgan fingerprint density at radius 2 is 2.16 bits per heavy atom. The molecule has 4 heteroatoms. The number of benzene rings is 1. The Hall–Kier alpha value is -1.81. The predicted octanol–water partition coefficient (Wildman–Crippen LogP) is 3.29. The minimum absolute atomic E-state index is 0.390. The van der Waals surface area contributed by atoms with Crippen molar-refractivity contribution in [1.29, 1.82) is 0 Å². The Labute approximate surface area is 113 Å². The van der Waals surface area contributed by atoms with Crippen molar-refractivity contribution in [3.63, 3.8) is 0 Å². The maximum Gasteiger partial charge on any atom is 0.207 e. The van der Waals surface area contributed by atoms with Crippen LogP contribution in [0.2, 0.25) is 0 Å². The van der Waals surface area contributed by atoms with Gasteiger partial charge >= 0.3 is 0 Å². The van der Waals surface area contributed by atoms with Crippen LogP contribution in [0.4, 0.5) is 11.6 Å². The van der Waals surface area contributed by atoms with Gasteiger partial charge in [-0.25, -0.2) is 4.98 Å². The fraction of sp³-hybridized carbons (Fsp3) is 0.400. The summed E-state index contributed by atoms with van der Waals surface area (Å²) < 4.78 is 7.78. The molecule has 0 saturated carbocycles. The average molecular weight is 257 g/mol. The molecular weight excluding hydrogens is 238 g/mol. The first-order valence-electron chi connectivity index (χ1n) is 6.78. The largest absolute Gasteiger partial charge is 0.379 e. The first-order chi connectivity index (χ1) is 9.33. The van der Waals surface area contributed by atoms with E-state index in [0.29, 0.717) is 6.04 Å². The fourth-order valence-corrected chi connectivity index (χ4v) is 2.48. The molecule has 1 aromatic heterocycles. The molecule has 1 N–H and O–H groups in total. The molecule has 1 saturated heterocycles. The van der Waals surface area contributed by atoms with Crippen LogP contribution in [0, 0.1) is 6.92 Å². The number of hydrogen-bond donors (Lipinski definition) is 1. The molecule has 1 unspecified atom stereocenters. The van der Waals surface area contributed by atoms with Crippen molar-refractivity contribution in [2.24, 2.45) is 0 Å².